The van der Waals surface area contributed by atoms with Crippen molar-refractivity contribution >= 4 is 29.1 Å². The molecule has 1 atom stereocenters. The Morgan fingerprint density at radius 1 is 1.19 bits per heavy atom. The Morgan fingerprint density at radius 3 is 2.69 bits per heavy atom. The molecule has 134 valence electrons. The molecule has 1 heterocycles. The standard InChI is InChI=1S/C18H15Cl2N3O3/c1-11(25-15-4-2-3-14(20)9-15)18(24)21-10-16-22-17(23-26-16)12-5-7-13(19)8-6-12/h2-9,11H,10H2,1H3,(H,21,24). The van der Waals surface area contributed by atoms with Crippen LogP contribution in [0.2, 0.25) is 10.0 Å². The summed E-state index contributed by atoms with van der Waals surface area (Å²) >= 11 is 11.7. The SMILES string of the molecule is CC(Oc1cccc(Cl)c1)C(=O)NCc1nc(-c2ccc(Cl)cc2)no1. The molecule has 0 saturated carbocycles. The molecule has 0 aliphatic rings. The predicted octanol–water partition coefficient (Wildman–Crippen LogP) is 4.13. The van der Waals surface area contributed by atoms with Crippen LogP contribution in [-0.4, -0.2) is 22.2 Å². The number of hydrogen-bond donors (Lipinski definition) is 1. The zero-order valence-electron chi connectivity index (χ0n) is 13.8. The number of carbonyl (C=O) groups excluding carboxylic acids is 1. The summed E-state index contributed by atoms with van der Waals surface area (Å²) in [5, 5.41) is 7.74. The number of aromatic nitrogens is 2. The van der Waals surface area contributed by atoms with E-state index >= 15 is 0 Å². The smallest absolute Gasteiger partial charge is 0.261 e. The van der Waals surface area contributed by atoms with Crippen molar-refractivity contribution in [2.45, 2.75) is 19.6 Å². The third-order valence-corrected chi connectivity index (χ3v) is 3.95. The molecule has 0 spiro atoms. The fourth-order valence-electron chi connectivity index (χ4n) is 2.15. The van der Waals surface area contributed by atoms with E-state index in [0.717, 1.165) is 5.56 Å². The fourth-order valence-corrected chi connectivity index (χ4v) is 2.45. The largest absolute Gasteiger partial charge is 0.481 e. The van der Waals surface area contributed by atoms with Crippen LogP contribution < -0.4 is 10.1 Å². The highest BCUT2D eigenvalue weighted by atomic mass is 35.5. The molecule has 2 aromatic carbocycles. The number of halogens is 2. The number of ether oxygens (including phenoxy) is 1. The number of carbonyl (C=O) groups is 1. The van der Waals surface area contributed by atoms with Crippen molar-refractivity contribution in [3.8, 4) is 17.1 Å². The number of nitrogens with zero attached hydrogens (tertiary/aromatic N) is 2. The van der Waals surface area contributed by atoms with E-state index in [-0.39, 0.29) is 12.5 Å². The summed E-state index contributed by atoms with van der Waals surface area (Å²) in [5.74, 6) is 0.923. The van der Waals surface area contributed by atoms with E-state index in [9.17, 15) is 4.79 Å². The van der Waals surface area contributed by atoms with Gasteiger partial charge < -0.3 is 14.6 Å². The monoisotopic (exact) mass is 391 g/mol. The Morgan fingerprint density at radius 2 is 1.96 bits per heavy atom. The molecule has 6 nitrogen and oxygen atoms in total. The lowest BCUT2D eigenvalue weighted by Gasteiger charge is -2.14. The summed E-state index contributed by atoms with van der Waals surface area (Å²) in [7, 11) is 0. The zero-order chi connectivity index (χ0) is 18.5. The minimum Gasteiger partial charge on any atom is -0.481 e. The number of nitrogens with one attached hydrogen (secondary N) is 1. The predicted molar refractivity (Wildman–Crippen MR) is 98.1 cm³/mol. The Bertz CT molecular complexity index is 897. The average molecular weight is 392 g/mol. The van der Waals surface area contributed by atoms with Crippen molar-refractivity contribution in [2.24, 2.45) is 0 Å². The molecule has 0 radical (unpaired) electrons. The van der Waals surface area contributed by atoms with Gasteiger partial charge in [0.1, 0.15) is 5.75 Å². The molecule has 1 aromatic heterocycles. The molecule has 3 rings (SSSR count). The van der Waals surface area contributed by atoms with Crippen LogP contribution in [0.15, 0.2) is 53.1 Å². The van der Waals surface area contributed by atoms with Gasteiger partial charge in [0.25, 0.3) is 5.91 Å². The van der Waals surface area contributed by atoms with E-state index in [0.29, 0.717) is 27.5 Å². The van der Waals surface area contributed by atoms with Crippen LogP contribution in [-0.2, 0) is 11.3 Å². The van der Waals surface area contributed by atoms with Crippen LogP contribution in [0.1, 0.15) is 12.8 Å². The summed E-state index contributed by atoms with van der Waals surface area (Å²) in [5.41, 5.74) is 0.772. The molecule has 0 saturated heterocycles. The lowest BCUT2D eigenvalue weighted by Crippen LogP contribution is -2.35. The highest BCUT2D eigenvalue weighted by Gasteiger charge is 2.16. The van der Waals surface area contributed by atoms with Gasteiger partial charge in [0, 0.05) is 15.6 Å². The molecule has 0 aliphatic heterocycles. The maximum absolute atomic E-state index is 12.1. The van der Waals surface area contributed by atoms with E-state index in [1.165, 1.54) is 0 Å². The van der Waals surface area contributed by atoms with Crippen LogP contribution in [0.3, 0.4) is 0 Å². The molecular weight excluding hydrogens is 377 g/mol. The molecule has 26 heavy (non-hydrogen) atoms. The van der Waals surface area contributed by atoms with Gasteiger partial charge in [0.05, 0.1) is 6.54 Å². The van der Waals surface area contributed by atoms with Crippen molar-refractivity contribution in [1.82, 2.24) is 15.5 Å². The van der Waals surface area contributed by atoms with Crippen LogP contribution >= 0.6 is 23.2 Å². The maximum atomic E-state index is 12.1. The van der Waals surface area contributed by atoms with E-state index in [2.05, 4.69) is 15.5 Å². The highest BCUT2D eigenvalue weighted by molar-refractivity contribution is 6.30. The van der Waals surface area contributed by atoms with Gasteiger partial charge >= 0.3 is 0 Å². The van der Waals surface area contributed by atoms with Crippen LogP contribution in [0.5, 0.6) is 5.75 Å². The first kappa shape index (κ1) is 18.2. The molecule has 0 aliphatic carbocycles. The van der Waals surface area contributed by atoms with E-state index in [4.69, 9.17) is 32.5 Å². The second-order valence-electron chi connectivity index (χ2n) is 5.45. The van der Waals surface area contributed by atoms with Crippen molar-refractivity contribution in [3.63, 3.8) is 0 Å². The topological polar surface area (TPSA) is 77.2 Å². The molecule has 8 heteroatoms. The number of rotatable bonds is 6. The summed E-state index contributed by atoms with van der Waals surface area (Å²) in [6, 6.07) is 13.9. The van der Waals surface area contributed by atoms with Gasteiger partial charge in [0.15, 0.2) is 6.10 Å². The van der Waals surface area contributed by atoms with Gasteiger partial charge in [-0.15, -0.1) is 0 Å². The Balaban J connectivity index is 1.55. The first-order chi connectivity index (χ1) is 12.5. The maximum Gasteiger partial charge on any atom is 0.261 e. The lowest BCUT2D eigenvalue weighted by molar-refractivity contribution is -0.127. The molecule has 1 N–H and O–H groups in total. The summed E-state index contributed by atoms with van der Waals surface area (Å²) in [6.07, 6.45) is -0.702. The van der Waals surface area contributed by atoms with Crippen LogP contribution in [0, 0.1) is 0 Å². The van der Waals surface area contributed by atoms with Gasteiger partial charge in [0.2, 0.25) is 11.7 Å². The first-order valence-electron chi connectivity index (χ1n) is 7.80. The van der Waals surface area contributed by atoms with Crippen molar-refractivity contribution < 1.29 is 14.1 Å². The molecule has 1 amide bonds. The fraction of sp³-hybridized carbons (Fsp3) is 0.167. The molecule has 3 aromatic rings. The molecular formula is C18H15Cl2N3O3. The Labute approximate surface area is 160 Å². The second kappa shape index (κ2) is 8.21. The number of benzene rings is 2. The number of hydrogen-bond acceptors (Lipinski definition) is 5. The summed E-state index contributed by atoms with van der Waals surface area (Å²) < 4.78 is 10.7. The molecule has 0 fully saturated rings. The average Bonchev–Trinajstić information content (AvgIpc) is 3.09. The Hall–Kier alpha value is -2.57. The summed E-state index contributed by atoms with van der Waals surface area (Å²) in [4.78, 5) is 16.4. The molecule has 1 unspecified atom stereocenters. The van der Waals surface area contributed by atoms with Gasteiger partial charge in [-0.05, 0) is 49.4 Å². The quantitative estimate of drug-likeness (QED) is 0.683. The van der Waals surface area contributed by atoms with Gasteiger partial charge in [-0.25, -0.2) is 0 Å². The summed E-state index contributed by atoms with van der Waals surface area (Å²) in [6.45, 7) is 1.74. The van der Waals surface area contributed by atoms with Crippen molar-refractivity contribution in [2.75, 3.05) is 0 Å². The highest BCUT2D eigenvalue weighted by Crippen LogP contribution is 2.19. The second-order valence-corrected chi connectivity index (χ2v) is 6.33. The van der Waals surface area contributed by atoms with E-state index < -0.39 is 6.10 Å². The van der Waals surface area contributed by atoms with Gasteiger partial charge in [-0.3, -0.25) is 4.79 Å². The molecule has 0 bridgehead atoms. The van der Waals surface area contributed by atoms with Crippen LogP contribution in [0.4, 0.5) is 0 Å². The van der Waals surface area contributed by atoms with Gasteiger partial charge in [-0.2, -0.15) is 4.98 Å². The lowest BCUT2D eigenvalue weighted by atomic mass is 10.2. The van der Waals surface area contributed by atoms with Crippen molar-refractivity contribution in [1.29, 1.82) is 0 Å². The van der Waals surface area contributed by atoms with Gasteiger partial charge in [-0.1, -0.05) is 34.4 Å². The van der Waals surface area contributed by atoms with Crippen LogP contribution in [0.25, 0.3) is 11.4 Å². The van der Waals surface area contributed by atoms with E-state index in [1.54, 1.807) is 55.5 Å². The normalized spacial score (nSPS) is 11.8. The number of amides is 1. The van der Waals surface area contributed by atoms with E-state index in [1.807, 2.05) is 0 Å². The first-order valence-corrected chi connectivity index (χ1v) is 8.55. The minimum absolute atomic E-state index is 0.0999. The third-order valence-electron chi connectivity index (χ3n) is 3.46. The minimum atomic E-state index is -0.702. The zero-order valence-corrected chi connectivity index (χ0v) is 15.3. The van der Waals surface area contributed by atoms with Crippen molar-refractivity contribution in [3.05, 3.63) is 64.5 Å². The third kappa shape index (κ3) is 4.74. The Kier molecular flexibility index (Phi) is 5.75.